The Kier molecular flexibility index (Phi) is 3.48. The van der Waals surface area contributed by atoms with Crippen molar-refractivity contribution < 1.29 is 28.1 Å². The van der Waals surface area contributed by atoms with E-state index in [0.717, 1.165) is 12.3 Å². The van der Waals surface area contributed by atoms with Crippen molar-refractivity contribution in [2.75, 3.05) is 19.0 Å². The van der Waals surface area contributed by atoms with Crippen LogP contribution in [0.4, 0.5) is 19.0 Å². The Morgan fingerprint density at radius 3 is 2.65 bits per heavy atom. The number of anilines is 1. The number of aliphatic hydroxyl groups excluding tert-OH is 2. The average Bonchev–Trinajstić information content (AvgIpc) is 2.60. The second-order valence-corrected chi connectivity index (χ2v) is 4.45. The number of halogens is 3. The van der Waals surface area contributed by atoms with Crippen LogP contribution >= 0.6 is 0 Å². The number of hydrogen-bond donors (Lipinski definition) is 3. The van der Waals surface area contributed by atoms with Crippen LogP contribution in [0.25, 0.3) is 0 Å². The highest BCUT2D eigenvalue weighted by Crippen LogP contribution is 2.47. The highest BCUT2D eigenvalue weighted by atomic mass is 19.3. The highest BCUT2D eigenvalue weighted by molar-refractivity contribution is 5.24. The van der Waals surface area contributed by atoms with Gasteiger partial charge in [-0.15, -0.1) is 0 Å². The van der Waals surface area contributed by atoms with E-state index in [2.05, 4.69) is 4.98 Å². The minimum absolute atomic E-state index is 0.188. The molecule has 2 heterocycles. The number of rotatable bonds is 3. The highest BCUT2D eigenvalue weighted by Gasteiger charge is 2.67. The van der Waals surface area contributed by atoms with Gasteiger partial charge in [0.05, 0.1) is 6.61 Å². The van der Waals surface area contributed by atoms with E-state index >= 15 is 0 Å². The van der Waals surface area contributed by atoms with Crippen molar-refractivity contribution in [2.45, 2.75) is 23.9 Å². The summed E-state index contributed by atoms with van der Waals surface area (Å²) in [5.74, 6) is -4.18. The Morgan fingerprint density at radius 2 is 2.20 bits per heavy atom. The van der Waals surface area contributed by atoms with E-state index in [1.165, 1.54) is 0 Å². The number of ether oxygens (including phenoxy) is 1. The minimum Gasteiger partial charge on any atom is -0.393 e. The number of hydrogen-bond acceptors (Lipinski definition) is 6. The molecule has 0 saturated carbocycles. The van der Waals surface area contributed by atoms with Crippen molar-refractivity contribution in [1.29, 1.82) is 0 Å². The van der Waals surface area contributed by atoms with Crippen LogP contribution in [0.1, 0.15) is 6.23 Å². The van der Waals surface area contributed by atoms with Gasteiger partial charge in [-0.2, -0.15) is 13.8 Å². The zero-order valence-electron chi connectivity index (χ0n) is 10.0. The fraction of sp³-hybridized carbons (Fsp3) is 0.600. The Hall–Kier alpha value is -1.65. The van der Waals surface area contributed by atoms with Crippen LogP contribution in [0, 0.1) is 0 Å². The summed E-state index contributed by atoms with van der Waals surface area (Å²) >= 11 is 0. The number of nitrogen functional groups attached to an aromatic ring is 1. The van der Waals surface area contributed by atoms with E-state index < -0.39 is 42.8 Å². The zero-order chi connectivity index (χ0) is 15.1. The van der Waals surface area contributed by atoms with Gasteiger partial charge in [-0.3, -0.25) is 4.57 Å². The summed E-state index contributed by atoms with van der Waals surface area (Å²) in [6.07, 6.45) is -4.01. The first kappa shape index (κ1) is 14.8. The fourth-order valence-corrected chi connectivity index (χ4v) is 1.97. The number of nitrogens with zero attached hydrogens (tertiary/aromatic N) is 2. The van der Waals surface area contributed by atoms with Crippen molar-refractivity contribution in [3.05, 3.63) is 22.7 Å². The Morgan fingerprint density at radius 1 is 1.55 bits per heavy atom. The average molecular weight is 295 g/mol. The molecule has 7 nitrogen and oxygen atoms in total. The number of alkyl halides is 3. The molecule has 1 fully saturated rings. The largest absolute Gasteiger partial charge is 0.393 e. The molecular formula is C10H12F3N3O4. The summed E-state index contributed by atoms with van der Waals surface area (Å²) in [4.78, 5) is 14.8. The van der Waals surface area contributed by atoms with E-state index in [-0.39, 0.29) is 5.82 Å². The van der Waals surface area contributed by atoms with Crippen molar-refractivity contribution in [3.8, 4) is 0 Å². The number of nitrogens with two attached hydrogens (primary N) is 1. The Labute approximate surface area is 110 Å². The summed E-state index contributed by atoms with van der Waals surface area (Å²) in [6.45, 7) is -2.72. The van der Waals surface area contributed by atoms with Crippen LogP contribution in [0.5, 0.6) is 0 Å². The predicted octanol–water partition coefficient (Wildman–Crippen LogP) is -0.949. The van der Waals surface area contributed by atoms with Gasteiger partial charge in [0, 0.05) is 6.20 Å². The molecule has 4 N–H and O–H groups in total. The lowest BCUT2D eigenvalue weighted by molar-refractivity contribution is -0.148. The molecule has 1 aromatic heterocycles. The van der Waals surface area contributed by atoms with Crippen LogP contribution in [-0.2, 0) is 4.74 Å². The smallest absolute Gasteiger partial charge is 0.351 e. The summed E-state index contributed by atoms with van der Waals surface area (Å²) in [5, 5.41) is 18.5. The van der Waals surface area contributed by atoms with Crippen molar-refractivity contribution >= 4 is 5.82 Å². The van der Waals surface area contributed by atoms with Gasteiger partial charge in [-0.05, 0) is 6.07 Å². The van der Waals surface area contributed by atoms with Crippen LogP contribution in [0.15, 0.2) is 17.1 Å². The Bertz CT molecular complexity index is 561. The van der Waals surface area contributed by atoms with E-state index in [0.29, 0.717) is 4.57 Å². The van der Waals surface area contributed by atoms with Crippen LogP contribution in [0.2, 0.25) is 0 Å². The predicted molar refractivity (Wildman–Crippen MR) is 59.8 cm³/mol. The number of aliphatic hydroxyl groups is 2. The molecule has 1 saturated heterocycles. The summed E-state index contributed by atoms with van der Waals surface area (Å²) < 4.78 is 46.0. The molecule has 0 amide bonds. The first-order valence-corrected chi connectivity index (χ1v) is 5.53. The van der Waals surface area contributed by atoms with Gasteiger partial charge < -0.3 is 20.7 Å². The summed E-state index contributed by atoms with van der Waals surface area (Å²) in [5.41, 5.74) is 1.59. The van der Waals surface area contributed by atoms with E-state index in [4.69, 9.17) is 15.6 Å². The lowest BCUT2D eigenvalue weighted by Crippen LogP contribution is -2.50. The molecule has 1 aliphatic rings. The molecule has 112 valence electrons. The standard InChI is InChI=1S/C10H12F3N3O4/c11-3-9(4-17)6(18)10(12,13)7(20-9)16-2-1-5(14)15-8(16)19/h1-2,6-7,17-18H,3-4H2,(H2,14,15,19)/t6-,7-,9-/m1/s1. The molecule has 3 atom stereocenters. The quantitative estimate of drug-likeness (QED) is 0.663. The molecule has 0 radical (unpaired) electrons. The second-order valence-electron chi connectivity index (χ2n) is 4.45. The summed E-state index contributed by atoms with van der Waals surface area (Å²) in [7, 11) is 0. The third-order valence-corrected chi connectivity index (χ3v) is 3.14. The third-order valence-electron chi connectivity index (χ3n) is 3.14. The monoisotopic (exact) mass is 295 g/mol. The van der Waals surface area contributed by atoms with E-state index in [1.807, 2.05) is 0 Å². The Balaban J connectivity index is 2.50. The molecule has 0 aromatic carbocycles. The van der Waals surface area contributed by atoms with Gasteiger partial charge in [0.1, 0.15) is 12.5 Å². The van der Waals surface area contributed by atoms with E-state index in [9.17, 15) is 23.1 Å². The maximum absolute atomic E-state index is 14.0. The third kappa shape index (κ3) is 1.96. The lowest BCUT2D eigenvalue weighted by atomic mass is 9.97. The molecule has 0 bridgehead atoms. The first-order chi connectivity index (χ1) is 9.28. The molecule has 0 spiro atoms. The van der Waals surface area contributed by atoms with Gasteiger partial charge in [0.2, 0.25) is 6.23 Å². The number of aromatic nitrogens is 2. The van der Waals surface area contributed by atoms with E-state index in [1.54, 1.807) is 0 Å². The maximum Gasteiger partial charge on any atom is 0.351 e. The topological polar surface area (TPSA) is 111 Å². The molecule has 20 heavy (non-hydrogen) atoms. The molecule has 0 unspecified atom stereocenters. The van der Waals surface area contributed by atoms with Crippen molar-refractivity contribution in [1.82, 2.24) is 9.55 Å². The second kappa shape index (κ2) is 4.72. The van der Waals surface area contributed by atoms with Gasteiger partial charge in [-0.1, -0.05) is 0 Å². The molecule has 0 aliphatic carbocycles. The minimum atomic E-state index is -3.99. The van der Waals surface area contributed by atoms with Gasteiger partial charge in [0.25, 0.3) is 0 Å². The van der Waals surface area contributed by atoms with Crippen molar-refractivity contribution in [3.63, 3.8) is 0 Å². The molecule has 10 heteroatoms. The van der Waals surface area contributed by atoms with Crippen molar-refractivity contribution in [2.24, 2.45) is 0 Å². The molecule has 1 aliphatic heterocycles. The zero-order valence-corrected chi connectivity index (χ0v) is 10.0. The van der Waals surface area contributed by atoms with Gasteiger partial charge in [0.15, 0.2) is 11.7 Å². The van der Waals surface area contributed by atoms with Crippen LogP contribution in [-0.4, -0.2) is 50.7 Å². The van der Waals surface area contributed by atoms with Crippen LogP contribution < -0.4 is 11.4 Å². The van der Waals surface area contributed by atoms with Gasteiger partial charge >= 0.3 is 11.6 Å². The SMILES string of the molecule is Nc1ccn([C@@H]2O[C@@](CO)(CF)[C@@H](O)C2(F)F)c(=O)n1. The molecular weight excluding hydrogens is 283 g/mol. The molecule has 2 rings (SSSR count). The molecule has 1 aromatic rings. The summed E-state index contributed by atoms with van der Waals surface area (Å²) in [6, 6.07) is 1.07. The maximum atomic E-state index is 14.0. The van der Waals surface area contributed by atoms with Gasteiger partial charge in [-0.25, -0.2) is 9.18 Å². The normalized spacial score (nSPS) is 32.5. The lowest BCUT2D eigenvalue weighted by Gasteiger charge is -2.25. The fourth-order valence-electron chi connectivity index (χ4n) is 1.97. The van der Waals surface area contributed by atoms with Crippen LogP contribution in [0.3, 0.4) is 0 Å². The first-order valence-electron chi connectivity index (χ1n) is 5.53.